The van der Waals surface area contributed by atoms with E-state index in [-0.39, 0.29) is 11.5 Å². The van der Waals surface area contributed by atoms with Crippen LogP contribution in [0.5, 0.6) is 0 Å². The molecule has 0 aliphatic carbocycles. The zero-order valence-corrected chi connectivity index (χ0v) is 12.3. The van der Waals surface area contributed by atoms with E-state index in [1.165, 1.54) is 11.1 Å². The highest BCUT2D eigenvalue weighted by Gasteiger charge is 2.45. The number of benzene rings is 1. The number of carbonyl (C=O) groups is 3. The third-order valence-electron chi connectivity index (χ3n) is 3.81. The highest BCUT2D eigenvalue weighted by atomic mass is 35.5. The number of fused-ring (bicyclic) bond motifs is 1. The van der Waals surface area contributed by atoms with E-state index in [0.29, 0.717) is 24.7 Å². The molecule has 1 aromatic carbocycles. The lowest BCUT2D eigenvalue weighted by Crippen LogP contribution is -2.55. The minimum absolute atomic E-state index is 0.331. The molecule has 2 aliphatic rings. The van der Waals surface area contributed by atoms with Gasteiger partial charge in [-0.25, -0.2) is 4.79 Å². The smallest absolute Gasteiger partial charge is 0.340 e. The number of carboxylic acid groups (broad SMARTS) is 1. The van der Waals surface area contributed by atoms with Crippen LogP contribution < -0.4 is 0 Å². The topological polar surface area (TPSA) is 77.9 Å². The highest BCUT2D eigenvalue weighted by Crippen LogP contribution is 2.25. The number of carbonyl (C=O) groups excluding carboxylic acids is 2. The van der Waals surface area contributed by atoms with E-state index < -0.39 is 17.8 Å². The second-order valence-corrected chi connectivity index (χ2v) is 5.68. The summed E-state index contributed by atoms with van der Waals surface area (Å²) >= 11 is 5.93. The molecule has 22 heavy (non-hydrogen) atoms. The van der Waals surface area contributed by atoms with E-state index in [0.717, 1.165) is 5.56 Å². The van der Waals surface area contributed by atoms with Crippen molar-refractivity contribution in [3.05, 3.63) is 46.6 Å². The predicted octanol–water partition coefficient (Wildman–Crippen LogP) is 0.904. The molecular weight excluding hydrogens is 308 g/mol. The molecule has 1 amide bonds. The van der Waals surface area contributed by atoms with E-state index in [9.17, 15) is 14.4 Å². The largest absolute Gasteiger partial charge is 0.478 e. The Bertz CT molecular complexity index is 701. The third kappa shape index (κ3) is 2.46. The van der Waals surface area contributed by atoms with Crippen LogP contribution in [0.1, 0.15) is 5.56 Å². The fourth-order valence-electron chi connectivity index (χ4n) is 2.74. The molecule has 1 saturated heterocycles. The summed E-state index contributed by atoms with van der Waals surface area (Å²) in [6.07, 6.45) is 1.27. The Morgan fingerprint density at radius 2 is 2.09 bits per heavy atom. The van der Waals surface area contributed by atoms with Gasteiger partial charge in [-0.2, -0.15) is 0 Å². The molecule has 0 saturated carbocycles. The Balaban J connectivity index is 1.78. The van der Waals surface area contributed by atoms with Gasteiger partial charge in [0.05, 0.1) is 0 Å². The molecule has 2 heterocycles. The van der Waals surface area contributed by atoms with Crippen molar-refractivity contribution in [2.24, 2.45) is 0 Å². The Morgan fingerprint density at radius 1 is 1.32 bits per heavy atom. The molecule has 1 N–H and O–H groups in total. The van der Waals surface area contributed by atoms with Crippen LogP contribution in [0.4, 0.5) is 0 Å². The van der Waals surface area contributed by atoms with Crippen molar-refractivity contribution in [1.82, 2.24) is 9.80 Å². The Kier molecular flexibility index (Phi) is 3.62. The monoisotopic (exact) mass is 320 g/mol. The summed E-state index contributed by atoms with van der Waals surface area (Å²) in [5.41, 5.74) is 0.536. The summed E-state index contributed by atoms with van der Waals surface area (Å²) in [6.45, 7) is 1.21. The molecule has 6 nitrogen and oxygen atoms in total. The number of amides is 1. The molecule has 7 heteroatoms. The predicted molar refractivity (Wildman–Crippen MR) is 78.1 cm³/mol. The van der Waals surface area contributed by atoms with Crippen LogP contribution in [0.2, 0.25) is 5.02 Å². The van der Waals surface area contributed by atoms with Crippen molar-refractivity contribution in [2.75, 3.05) is 13.1 Å². The van der Waals surface area contributed by atoms with Gasteiger partial charge in [0.1, 0.15) is 5.57 Å². The molecule has 3 rings (SSSR count). The molecule has 114 valence electrons. The maximum absolute atomic E-state index is 12.5. The van der Waals surface area contributed by atoms with Crippen molar-refractivity contribution in [3.63, 3.8) is 0 Å². The highest BCUT2D eigenvalue weighted by molar-refractivity contribution is 6.30. The van der Waals surface area contributed by atoms with Gasteiger partial charge in [-0.15, -0.1) is 0 Å². The van der Waals surface area contributed by atoms with Crippen LogP contribution in [-0.4, -0.2) is 51.7 Å². The first kappa shape index (κ1) is 14.6. The van der Waals surface area contributed by atoms with E-state index in [4.69, 9.17) is 16.7 Å². The number of piperazine rings is 1. The molecule has 1 fully saturated rings. The number of hydrogen-bond acceptors (Lipinski definition) is 4. The first-order valence-corrected chi connectivity index (χ1v) is 7.13. The Morgan fingerprint density at radius 3 is 2.77 bits per heavy atom. The Hall–Kier alpha value is -2.34. The fourth-order valence-corrected chi connectivity index (χ4v) is 2.96. The molecule has 1 aromatic rings. The van der Waals surface area contributed by atoms with E-state index in [2.05, 4.69) is 0 Å². The standard InChI is InChI=1S/C15H13ClN2O4/c16-10-3-1-2-9(6-10)7-18-5-4-17-8-11(15(21)22)13(19)12(17)14(18)20/h1-3,6,8,12H,4-5,7H2,(H,21,22). The molecular formula is C15H13ClN2O4. The summed E-state index contributed by atoms with van der Waals surface area (Å²) in [5, 5.41) is 9.57. The number of nitrogens with zero attached hydrogens (tertiary/aromatic N) is 2. The van der Waals surface area contributed by atoms with Gasteiger partial charge >= 0.3 is 5.97 Å². The van der Waals surface area contributed by atoms with Gasteiger partial charge in [-0.3, -0.25) is 9.59 Å². The number of carboxylic acids is 1. The van der Waals surface area contributed by atoms with Gasteiger partial charge in [-0.05, 0) is 17.7 Å². The van der Waals surface area contributed by atoms with Gasteiger partial charge in [0.15, 0.2) is 6.04 Å². The number of Topliss-reactive ketones (excluding diaryl/α,β-unsaturated/α-hetero) is 1. The number of halogens is 1. The summed E-state index contributed by atoms with van der Waals surface area (Å²) in [6, 6.07) is 6.11. The quantitative estimate of drug-likeness (QED) is 0.661. The molecule has 2 aliphatic heterocycles. The van der Waals surface area contributed by atoms with Crippen LogP contribution in [0.3, 0.4) is 0 Å². The summed E-state index contributed by atoms with van der Waals surface area (Å²) < 4.78 is 0. The maximum Gasteiger partial charge on any atom is 0.340 e. The summed E-state index contributed by atoms with van der Waals surface area (Å²) in [4.78, 5) is 38.6. The normalized spacial score (nSPS) is 21.0. The van der Waals surface area contributed by atoms with E-state index in [1.807, 2.05) is 6.07 Å². The number of ketones is 1. The average Bonchev–Trinajstić information content (AvgIpc) is 2.80. The van der Waals surface area contributed by atoms with Crippen LogP contribution >= 0.6 is 11.6 Å². The zero-order chi connectivity index (χ0) is 15.9. The Labute approximate surface area is 131 Å². The van der Waals surface area contributed by atoms with Crippen LogP contribution in [0, 0.1) is 0 Å². The van der Waals surface area contributed by atoms with Gasteiger partial charge in [-0.1, -0.05) is 23.7 Å². The second-order valence-electron chi connectivity index (χ2n) is 5.24. The van der Waals surface area contributed by atoms with Gasteiger partial charge in [0.25, 0.3) is 5.91 Å². The SMILES string of the molecule is O=C(O)C1=CN2CCN(Cc3cccc(Cl)c3)C(=O)C2C1=O. The maximum atomic E-state index is 12.5. The van der Waals surface area contributed by atoms with Crippen molar-refractivity contribution in [1.29, 1.82) is 0 Å². The van der Waals surface area contributed by atoms with Gasteiger partial charge in [0, 0.05) is 30.9 Å². The van der Waals surface area contributed by atoms with Gasteiger partial charge in [0.2, 0.25) is 5.78 Å². The molecule has 0 radical (unpaired) electrons. The van der Waals surface area contributed by atoms with Crippen molar-refractivity contribution >= 4 is 29.3 Å². The first-order valence-electron chi connectivity index (χ1n) is 6.75. The fraction of sp³-hybridized carbons (Fsp3) is 0.267. The first-order chi connectivity index (χ1) is 10.5. The van der Waals surface area contributed by atoms with Crippen LogP contribution in [-0.2, 0) is 20.9 Å². The van der Waals surface area contributed by atoms with Crippen molar-refractivity contribution in [3.8, 4) is 0 Å². The summed E-state index contributed by atoms with van der Waals surface area (Å²) in [5.74, 6) is -2.31. The number of hydrogen-bond donors (Lipinski definition) is 1. The van der Waals surface area contributed by atoms with Crippen LogP contribution in [0.15, 0.2) is 36.0 Å². The van der Waals surface area contributed by atoms with Crippen LogP contribution in [0.25, 0.3) is 0 Å². The molecule has 1 atom stereocenters. The third-order valence-corrected chi connectivity index (χ3v) is 4.04. The number of aliphatic carboxylic acids is 1. The minimum atomic E-state index is -1.30. The minimum Gasteiger partial charge on any atom is -0.478 e. The lowest BCUT2D eigenvalue weighted by atomic mass is 10.1. The lowest BCUT2D eigenvalue weighted by molar-refractivity contribution is -0.144. The van der Waals surface area contributed by atoms with Crippen molar-refractivity contribution in [2.45, 2.75) is 12.6 Å². The zero-order valence-electron chi connectivity index (χ0n) is 11.5. The summed E-state index contributed by atoms with van der Waals surface area (Å²) in [7, 11) is 0. The molecule has 0 spiro atoms. The second kappa shape index (κ2) is 5.46. The molecule has 0 aromatic heterocycles. The average molecular weight is 321 g/mol. The molecule has 0 bridgehead atoms. The van der Waals surface area contributed by atoms with Gasteiger partial charge < -0.3 is 14.9 Å². The lowest BCUT2D eigenvalue weighted by Gasteiger charge is -2.36. The van der Waals surface area contributed by atoms with E-state index >= 15 is 0 Å². The number of rotatable bonds is 3. The molecule has 1 unspecified atom stereocenters. The van der Waals surface area contributed by atoms with E-state index in [1.54, 1.807) is 23.1 Å². The van der Waals surface area contributed by atoms with Crippen molar-refractivity contribution < 1.29 is 19.5 Å².